The zero-order chi connectivity index (χ0) is 18.0. The molecule has 0 saturated heterocycles. The Hall–Kier alpha value is -3.32. The number of hydrogen-bond donors (Lipinski definition) is 0. The Kier molecular flexibility index (Phi) is 4.40. The standard InChI is InChI=1S/C21H18N2O2/c1-4-13-22-19(17-9-5-15(2)6-10-17)14-20(23(24)25)21(22)18-11-7-16(3)8-12-18/h1,5-12,14H,13H2,2-3H3. The molecule has 0 radical (unpaired) electrons. The van der Waals surface area contributed by atoms with Gasteiger partial charge in [-0.15, -0.1) is 6.42 Å². The van der Waals surface area contributed by atoms with E-state index in [2.05, 4.69) is 5.92 Å². The molecular formula is C21H18N2O2. The van der Waals surface area contributed by atoms with Crippen molar-refractivity contribution in [2.75, 3.05) is 0 Å². The summed E-state index contributed by atoms with van der Waals surface area (Å²) in [6, 6.07) is 17.2. The SMILES string of the molecule is C#CCn1c(-c2ccc(C)cc2)cc([N+](=O)[O-])c1-c1ccc(C)cc1. The first-order valence-electron chi connectivity index (χ1n) is 7.96. The Morgan fingerprint density at radius 2 is 1.52 bits per heavy atom. The number of nitrogens with zero attached hydrogens (tertiary/aromatic N) is 2. The van der Waals surface area contributed by atoms with E-state index in [1.807, 2.05) is 66.9 Å². The first kappa shape index (κ1) is 16.5. The molecule has 0 unspecified atom stereocenters. The average Bonchev–Trinajstić information content (AvgIpc) is 2.96. The molecule has 4 heteroatoms. The van der Waals surface area contributed by atoms with Gasteiger partial charge in [0.15, 0.2) is 0 Å². The molecule has 0 aliphatic heterocycles. The molecule has 25 heavy (non-hydrogen) atoms. The van der Waals surface area contributed by atoms with E-state index in [4.69, 9.17) is 6.42 Å². The van der Waals surface area contributed by atoms with E-state index in [-0.39, 0.29) is 17.2 Å². The fourth-order valence-electron chi connectivity index (χ4n) is 2.91. The lowest BCUT2D eigenvalue weighted by atomic mass is 10.1. The zero-order valence-electron chi connectivity index (χ0n) is 14.2. The number of aromatic nitrogens is 1. The van der Waals surface area contributed by atoms with Crippen molar-refractivity contribution >= 4 is 5.69 Å². The summed E-state index contributed by atoms with van der Waals surface area (Å²) < 4.78 is 1.84. The summed E-state index contributed by atoms with van der Waals surface area (Å²) in [7, 11) is 0. The maximum absolute atomic E-state index is 11.7. The fraction of sp³-hybridized carbons (Fsp3) is 0.143. The van der Waals surface area contributed by atoms with Crippen molar-refractivity contribution in [2.24, 2.45) is 0 Å². The van der Waals surface area contributed by atoms with Crippen molar-refractivity contribution in [3.05, 3.63) is 75.8 Å². The zero-order valence-corrected chi connectivity index (χ0v) is 14.2. The second kappa shape index (κ2) is 6.66. The van der Waals surface area contributed by atoms with Crippen LogP contribution < -0.4 is 0 Å². The third-order valence-electron chi connectivity index (χ3n) is 4.20. The molecule has 2 aromatic carbocycles. The van der Waals surface area contributed by atoms with Gasteiger partial charge in [0.05, 0.1) is 17.2 Å². The van der Waals surface area contributed by atoms with Crippen LogP contribution in [0.15, 0.2) is 54.6 Å². The Morgan fingerprint density at radius 3 is 2.00 bits per heavy atom. The van der Waals surface area contributed by atoms with Crippen LogP contribution >= 0.6 is 0 Å². The van der Waals surface area contributed by atoms with E-state index >= 15 is 0 Å². The van der Waals surface area contributed by atoms with E-state index in [1.54, 1.807) is 6.07 Å². The monoisotopic (exact) mass is 330 g/mol. The molecule has 0 bridgehead atoms. The summed E-state index contributed by atoms with van der Waals surface area (Å²) in [5, 5.41) is 11.7. The second-order valence-electron chi connectivity index (χ2n) is 6.04. The predicted octanol–water partition coefficient (Wildman–Crippen LogP) is 4.98. The summed E-state index contributed by atoms with van der Waals surface area (Å²) in [6.45, 7) is 4.25. The molecule has 1 aromatic heterocycles. The van der Waals surface area contributed by atoms with Crippen LogP contribution in [-0.2, 0) is 6.54 Å². The second-order valence-corrected chi connectivity index (χ2v) is 6.04. The topological polar surface area (TPSA) is 48.1 Å². The van der Waals surface area contributed by atoms with Crippen molar-refractivity contribution in [1.29, 1.82) is 0 Å². The molecule has 0 amide bonds. The van der Waals surface area contributed by atoms with E-state index < -0.39 is 0 Å². The Labute approximate surface area is 146 Å². The minimum absolute atomic E-state index is 0.0645. The van der Waals surface area contributed by atoms with Gasteiger partial charge < -0.3 is 4.57 Å². The summed E-state index contributed by atoms with van der Waals surface area (Å²) in [4.78, 5) is 11.3. The van der Waals surface area contributed by atoms with Gasteiger partial charge in [0.2, 0.25) is 0 Å². The Balaban J connectivity index is 2.28. The molecule has 3 aromatic rings. The Morgan fingerprint density at radius 1 is 1.00 bits per heavy atom. The van der Waals surface area contributed by atoms with Crippen molar-refractivity contribution in [3.63, 3.8) is 0 Å². The predicted molar refractivity (Wildman–Crippen MR) is 100 cm³/mol. The summed E-state index contributed by atoms with van der Waals surface area (Å²) in [6.07, 6.45) is 5.55. The minimum Gasteiger partial charge on any atom is -0.323 e. The van der Waals surface area contributed by atoms with E-state index in [0.717, 1.165) is 27.9 Å². The number of benzene rings is 2. The lowest BCUT2D eigenvalue weighted by molar-refractivity contribution is -0.384. The number of nitro groups is 1. The van der Waals surface area contributed by atoms with E-state index in [0.29, 0.717) is 5.69 Å². The van der Waals surface area contributed by atoms with Crippen LogP contribution in [0.1, 0.15) is 11.1 Å². The molecule has 0 saturated carbocycles. The van der Waals surface area contributed by atoms with Gasteiger partial charge in [0.1, 0.15) is 5.69 Å². The number of rotatable bonds is 4. The molecule has 0 aliphatic rings. The number of hydrogen-bond acceptors (Lipinski definition) is 2. The molecule has 0 aliphatic carbocycles. The molecular weight excluding hydrogens is 312 g/mol. The highest BCUT2D eigenvalue weighted by Gasteiger charge is 2.25. The molecule has 1 heterocycles. The molecule has 0 fully saturated rings. The van der Waals surface area contributed by atoms with Gasteiger partial charge in [0.25, 0.3) is 5.69 Å². The first-order chi connectivity index (χ1) is 12.0. The van der Waals surface area contributed by atoms with Gasteiger partial charge in [-0.2, -0.15) is 0 Å². The lowest BCUT2D eigenvalue weighted by Gasteiger charge is -2.11. The summed E-state index contributed by atoms with van der Waals surface area (Å²) in [5.41, 5.74) is 5.27. The van der Waals surface area contributed by atoms with Crippen LogP contribution in [0.5, 0.6) is 0 Å². The van der Waals surface area contributed by atoms with Gasteiger partial charge in [-0.25, -0.2) is 0 Å². The molecule has 0 spiro atoms. The largest absolute Gasteiger partial charge is 0.323 e. The lowest BCUT2D eigenvalue weighted by Crippen LogP contribution is -2.02. The molecule has 124 valence electrons. The van der Waals surface area contributed by atoms with E-state index in [1.165, 1.54) is 0 Å². The highest BCUT2D eigenvalue weighted by Crippen LogP contribution is 2.37. The number of aryl methyl sites for hydroxylation is 2. The van der Waals surface area contributed by atoms with E-state index in [9.17, 15) is 10.1 Å². The van der Waals surface area contributed by atoms with Crippen LogP contribution in [0.25, 0.3) is 22.5 Å². The number of terminal acetylenes is 1. The van der Waals surface area contributed by atoms with Crippen LogP contribution in [0.4, 0.5) is 5.69 Å². The summed E-state index contributed by atoms with van der Waals surface area (Å²) >= 11 is 0. The fourth-order valence-corrected chi connectivity index (χ4v) is 2.91. The molecule has 0 N–H and O–H groups in total. The quantitative estimate of drug-likeness (QED) is 0.385. The first-order valence-corrected chi connectivity index (χ1v) is 7.96. The third kappa shape index (κ3) is 3.17. The molecule has 4 nitrogen and oxygen atoms in total. The van der Waals surface area contributed by atoms with Gasteiger partial charge in [0, 0.05) is 11.6 Å². The van der Waals surface area contributed by atoms with Crippen LogP contribution in [0, 0.1) is 36.3 Å². The average molecular weight is 330 g/mol. The van der Waals surface area contributed by atoms with Crippen molar-refractivity contribution < 1.29 is 4.92 Å². The van der Waals surface area contributed by atoms with Crippen LogP contribution in [0.3, 0.4) is 0 Å². The van der Waals surface area contributed by atoms with Crippen molar-refractivity contribution in [1.82, 2.24) is 4.57 Å². The van der Waals surface area contributed by atoms with Gasteiger partial charge >= 0.3 is 0 Å². The normalized spacial score (nSPS) is 10.4. The van der Waals surface area contributed by atoms with Crippen LogP contribution in [0.2, 0.25) is 0 Å². The van der Waals surface area contributed by atoms with Gasteiger partial charge in [-0.3, -0.25) is 10.1 Å². The maximum atomic E-state index is 11.7. The minimum atomic E-state index is -0.347. The highest BCUT2D eigenvalue weighted by molar-refractivity contribution is 5.79. The van der Waals surface area contributed by atoms with Gasteiger partial charge in [-0.05, 0) is 19.4 Å². The molecule has 3 rings (SSSR count). The van der Waals surface area contributed by atoms with Crippen molar-refractivity contribution in [3.8, 4) is 34.9 Å². The third-order valence-corrected chi connectivity index (χ3v) is 4.20. The van der Waals surface area contributed by atoms with Gasteiger partial charge in [-0.1, -0.05) is 65.6 Å². The maximum Gasteiger partial charge on any atom is 0.295 e. The smallest absolute Gasteiger partial charge is 0.295 e. The van der Waals surface area contributed by atoms with Crippen LogP contribution in [-0.4, -0.2) is 9.49 Å². The highest BCUT2D eigenvalue weighted by atomic mass is 16.6. The summed E-state index contributed by atoms with van der Waals surface area (Å²) in [5.74, 6) is 2.62. The van der Waals surface area contributed by atoms with Crippen molar-refractivity contribution in [2.45, 2.75) is 20.4 Å². The Bertz CT molecular complexity index is 959. The molecule has 0 atom stereocenters.